The number of aryl methyl sites for hydroxylation is 1. The lowest BCUT2D eigenvalue weighted by Gasteiger charge is -2.39. The minimum absolute atomic E-state index is 0.124. The van der Waals surface area contributed by atoms with E-state index in [0.717, 1.165) is 56.7 Å². The number of carbonyl (C=O) groups excluding carboxylic acids is 1. The molecule has 5 rings (SSSR count). The van der Waals surface area contributed by atoms with Crippen LogP contribution >= 0.6 is 0 Å². The SMILES string of the molecule is Cc1ccc(F)c2cc(C(=O)N[C@@H]3CCC[C@H](N4CCn5ncnc5C4)C3)[nH]c12. The van der Waals surface area contributed by atoms with Gasteiger partial charge < -0.3 is 10.3 Å². The standard InChI is InChI=1S/C21H25FN6O/c1-13-5-6-17(22)16-10-18(26-20(13)16)21(29)25-14-3-2-4-15(9-14)27-7-8-28-19(11-27)23-12-24-28/h5-6,10,12,14-15,26H,2-4,7-9,11H2,1H3,(H,25,29)/t14-,15+/m1/s1. The van der Waals surface area contributed by atoms with Crippen LogP contribution in [0.2, 0.25) is 0 Å². The second-order valence-electron chi connectivity index (χ2n) is 8.20. The molecule has 2 N–H and O–H groups in total. The molecule has 2 aliphatic rings. The lowest BCUT2D eigenvalue weighted by atomic mass is 9.89. The van der Waals surface area contributed by atoms with Crippen LogP contribution in [0.5, 0.6) is 0 Å². The molecule has 3 aromatic rings. The van der Waals surface area contributed by atoms with E-state index in [1.807, 2.05) is 11.6 Å². The van der Waals surface area contributed by atoms with Crippen LogP contribution in [0.15, 0.2) is 24.5 Å². The number of nitrogens with zero attached hydrogens (tertiary/aromatic N) is 4. The predicted molar refractivity (Wildman–Crippen MR) is 107 cm³/mol. The summed E-state index contributed by atoms with van der Waals surface area (Å²) >= 11 is 0. The summed E-state index contributed by atoms with van der Waals surface area (Å²) in [7, 11) is 0. The third-order valence-electron chi connectivity index (χ3n) is 6.33. The molecule has 3 heterocycles. The zero-order valence-corrected chi connectivity index (χ0v) is 16.5. The number of halogens is 1. The molecule has 0 saturated heterocycles. The number of hydrogen-bond acceptors (Lipinski definition) is 4. The van der Waals surface area contributed by atoms with Crippen LogP contribution in [-0.2, 0) is 13.1 Å². The Morgan fingerprint density at radius 3 is 3.07 bits per heavy atom. The van der Waals surface area contributed by atoms with Gasteiger partial charge in [-0.2, -0.15) is 5.10 Å². The smallest absolute Gasteiger partial charge is 0.267 e. The van der Waals surface area contributed by atoms with Crippen molar-refractivity contribution in [1.29, 1.82) is 0 Å². The van der Waals surface area contributed by atoms with Crippen molar-refractivity contribution in [2.75, 3.05) is 6.54 Å². The lowest BCUT2D eigenvalue weighted by Crippen LogP contribution is -2.48. The molecule has 29 heavy (non-hydrogen) atoms. The third kappa shape index (κ3) is 3.42. The summed E-state index contributed by atoms with van der Waals surface area (Å²) in [4.78, 5) is 22.7. The van der Waals surface area contributed by atoms with Crippen molar-refractivity contribution in [3.63, 3.8) is 0 Å². The molecule has 8 heteroatoms. The Morgan fingerprint density at radius 2 is 2.21 bits per heavy atom. The number of carbonyl (C=O) groups is 1. The zero-order chi connectivity index (χ0) is 20.0. The summed E-state index contributed by atoms with van der Waals surface area (Å²) < 4.78 is 16.0. The van der Waals surface area contributed by atoms with Crippen molar-refractivity contribution in [1.82, 2.24) is 30.0 Å². The highest BCUT2D eigenvalue weighted by Crippen LogP contribution is 2.27. The average molecular weight is 396 g/mol. The largest absolute Gasteiger partial charge is 0.350 e. The second kappa shape index (κ2) is 7.26. The first-order valence-electron chi connectivity index (χ1n) is 10.3. The minimum atomic E-state index is -0.309. The van der Waals surface area contributed by atoms with E-state index in [9.17, 15) is 9.18 Å². The number of H-pyrrole nitrogens is 1. The van der Waals surface area contributed by atoms with E-state index in [1.165, 1.54) is 6.07 Å². The van der Waals surface area contributed by atoms with Gasteiger partial charge in [0.2, 0.25) is 0 Å². The number of hydrogen-bond donors (Lipinski definition) is 2. The Labute approximate surface area is 168 Å². The van der Waals surface area contributed by atoms with Gasteiger partial charge in [0, 0.05) is 24.0 Å². The lowest BCUT2D eigenvalue weighted by molar-refractivity contribution is 0.0844. The Kier molecular flexibility index (Phi) is 4.58. The fraction of sp³-hybridized carbons (Fsp3) is 0.476. The van der Waals surface area contributed by atoms with Crippen LogP contribution in [0.3, 0.4) is 0 Å². The molecular weight excluding hydrogens is 371 g/mol. The van der Waals surface area contributed by atoms with Gasteiger partial charge in [-0.3, -0.25) is 9.69 Å². The van der Waals surface area contributed by atoms with Crippen molar-refractivity contribution in [3.05, 3.63) is 47.4 Å². The van der Waals surface area contributed by atoms with Crippen LogP contribution < -0.4 is 5.32 Å². The van der Waals surface area contributed by atoms with E-state index in [2.05, 4.69) is 25.3 Å². The van der Waals surface area contributed by atoms with E-state index < -0.39 is 0 Å². The van der Waals surface area contributed by atoms with Crippen LogP contribution in [0.4, 0.5) is 4.39 Å². The van der Waals surface area contributed by atoms with Gasteiger partial charge in [0.05, 0.1) is 18.6 Å². The molecule has 0 unspecified atom stereocenters. The first kappa shape index (κ1) is 18.3. The van der Waals surface area contributed by atoms with Gasteiger partial charge in [-0.25, -0.2) is 14.1 Å². The van der Waals surface area contributed by atoms with Gasteiger partial charge in [-0.05, 0) is 50.3 Å². The van der Waals surface area contributed by atoms with Crippen molar-refractivity contribution in [2.45, 2.75) is 57.8 Å². The number of rotatable bonds is 3. The fourth-order valence-electron chi connectivity index (χ4n) is 4.73. The maximum absolute atomic E-state index is 14.1. The van der Waals surface area contributed by atoms with Crippen molar-refractivity contribution < 1.29 is 9.18 Å². The summed E-state index contributed by atoms with van der Waals surface area (Å²) in [6.07, 6.45) is 5.73. The molecule has 152 valence electrons. The number of aromatic nitrogens is 4. The first-order valence-corrected chi connectivity index (χ1v) is 10.3. The average Bonchev–Trinajstić information content (AvgIpc) is 3.38. The molecular formula is C21H25FN6O. The zero-order valence-electron chi connectivity index (χ0n) is 16.5. The number of benzene rings is 1. The highest BCUT2D eigenvalue weighted by Gasteiger charge is 2.30. The summed E-state index contributed by atoms with van der Waals surface area (Å²) in [6.45, 7) is 4.54. The monoisotopic (exact) mass is 396 g/mol. The Hall–Kier alpha value is -2.74. The number of amides is 1. The van der Waals surface area contributed by atoms with E-state index in [4.69, 9.17) is 0 Å². The van der Waals surface area contributed by atoms with E-state index >= 15 is 0 Å². The van der Waals surface area contributed by atoms with Crippen molar-refractivity contribution in [3.8, 4) is 0 Å². The maximum Gasteiger partial charge on any atom is 0.267 e. The van der Waals surface area contributed by atoms with Crippen LogP contribution in [0.25, 0.3) is 10.9 Å². The molecule has 7 nitrogen and oxygen atoms in total. The summed E-state index contributed by atoms with van der Waals surface area (Å²) in [5.74, 6) is 0.540. The molecule has 1 aromatic carbocycles. The van der Waals surface area contributed by atoms with Gasteiger partial charge in [0.15, 0.2) is 0 Å². The fourth-order valence-corrected chi connectivity index (χ4v) is 4.73. The first-order chi connectivity index (χ1) is 14.1. The van der Waals surface area contributed by atoms with E-state index in [-0.39, 0.29) is 17.8 Å². The molecule has 1 fully saturated rings. The van der Waals surface area contributed by atoms with Gasteiger partial charge in [-0.1, -0.05) is 6.07 Å². The highest BCUT2D eigenvalue weighted by molar-refractivity contribution is 5.99. The third-order valence-corrected chi connectivity index (χ3v) is 6.33. The molecule has 1 saturated carbocycles. The van der Waals surface area contributed by atoms with Gasteiger partial charge >= 0.3 is 0 Å². The Morgan fingerprint density at radius 1 is 1.31 bits per heavy atom. The molecule has 0 radical (unpaired) electrons. The molecule has 1 aliphatic heterocycles. The summed E-state index contributed by atoms with van der Waals surface area (Å²) in [5.41, 5.74) is 2.03. The summed E-state index contributed by atoms with van der Waals surface area (Å²) in [6, 6.07) is 5.34. The molecule has 2 aromatic heterocycles. The van der Waals surface area contributed by atoms with Gasteiger partial charge in [0.1, 0.15) is 23.7 Å². The quantitative estimate of drug-likeness (QED) is 0.714. The number of aromatic amines is 1. The normalized spacial score (nSPS) is 22.6. The molecule has 2 atom stereocenters. The number of nitrogens with one attached hydrogen (secondary N) is 2. The predicted octanol–water partition coefficient (Wildman–Crippen LogP) is 2.76. The van der Waals surface area contributed by atoms with Crippen LogP contribution in [0.1, 0.15) is 47.6 Å². The topological polar surface area (TPSA) is 78.8 Å². The minimum Gasteiger partial charge on any atom is -0.350 e. The number of fused-ring (bicyclic) bond motifs is 2. The van der Waals surface area contributed by atoms with Gasteiger partial charge in [0.25, 0.3) is 5.91 Å². The van der Waals surface area contributed by atoms with E-state index in [0.29, 0.717) is 22.6 Å². The molecule has 1 amide bonds. The molecule has 1 aliphatic carbocycles. The maximum atomic E-state index is 14.1. The summed E-state index contributed by atoms with van der Waals surface area (Å²) in [5, 5.41) is 7.88. The Balaban J connectivity index is 1.26. The Bertz CT molecular complexity index is 1020. The van der Waals surface area contributed by atoms with E-state index in [1.54, 1.807) is 18.5 Å². The van der Waals surface area contributed by atoms with Crippen LogP contribution in [-0.4, -0.2) is 49.2 Å². The highest BCUT2D eigenvalue weighted by atomic mass is 19.1. The van der Waals surface area contributed by atoms with Crippen molar-refractivity contribution >= 4 is 16.8 Å². The molecule has 0 bridgehead atoms. The van der Waals surface area contributed by atoms with Crippen molar-refractivity contribution in [2.24, 2.45) is 0 Å². The second-order valence-corrected chi connectivity index (χ2v) is 8.20. The van der Waals surface area contributed by atoms with Gasteiger partial charge in [-0.15, -0.1) is 0 Å². The van der Waals surface area contributed by atoms with Crippen LogP contribution in [0, 0.1) is 12.7 Å². The molecule has 0 spiro atoms.